The van der Waals surface area contributed by atoms with Gasteiger partial charge in [0.1, 0.15) is 11.2 Å². The predicted octanol–water partition coefficient (Wildman–Crippen LogP) is 4.03. The third kappa shape index (κ3) is 2.66. The standard InChI is InChI=1S/C23H28O4.4H2S/c1-20-6-3-12(24)9-16(20)13-10-14(13)19-15-4-7-22(8-5-18(25)27-22)21(15,2)11-17-23(19,20)26-17;;;;/h9,13-15,17,19H,3-8,10-11H2,1-2H3;4*1H2/t13-,14+,15+,17-,19+,20+,21-,22-,23?;;;;/m1..../s1. The lowest BCUT2D eigenvalue weighted by Crippen LogP contribution is -2.60. The maximum Gasteiger partial charge on any atom is 0.306 e. The summed E-state index contributed by atoms with van der Waals surface area (Å²) in [6.45, 7) is 4.81. The highest BCUT2D eigenvalue weighted by molar-refractivity contribution is 7.59. The van der Waals surface area contributed by atoms with Crippen LogP contribution in [0.1, 0.15) is 65.2 Å². The Labute approximate surface area is 212 Å². The van der Waals surface area contributed by atoms with Crippen molar-refractivity contribution in [1.82, 2.24) is 0 Å². The molecular weight excluding hydrogens is 469 g/mol. The summed E-state index contributed by atoms with van der Waals surface area (Å²) in [4.78, 5) is 24.2. The topological polar surface area (TPSA) is 55.9 Å². The molecule has 2 heterocycles. The van der Waals surface area contributed by atoms with Crippen molar-refractivity contribution >= 4 is 65.7 Å². The minimum Gasteiger partial charge on any atom is -0.458 e. The summed E-state index contributed by atoms with van der Waals surface area (Å²) in [6, 6.07) is 0. The van der Waals surface area contributed by atoms with E-state index in [0.717, 1.165) is 25.7 Å². The van der Waals surface area contributed by atoms with Crippen molar-refractivity contribution in [2.75, 3.05) is 0 Å². The van der Waals surface area contributed by atoms with Crippen LogP contribution in [0, 0.1) is 34.5 Å². The zero-order valence-corrected chi connectivity index (χ0v) is 22.3. The fraction of sp³-hybridized carbons (Fsp3) is 0.826. The van der Waals surface area contributed by atoms with Crippen molar-refractivity contribution in [1.29, 1.82) is 0 Å². The zero-order valence-electron chi connectivity index (χ0n) is 18.3. The average Bonchev–Trinajstić information content (AvgIpc) is 3.49. The van der Waals surface area contributed by atoms with Crippen molar-refractivity contribution in [3.05, 3.63) is 11.6 Å². The molecule has 8 heteroatoms. The van der Waals surface area contributed by atoms with Gasteiger partial charge in [-0.2, -0.15) is 54.0 Å². The second-order valence-corrected chi connectivity index (χ2v) is 11.1. The lowest BCUT2D eigenvalue weighted by atomic mass is 9.46. The summed E-state index contributed by atoms with van der Waals surface area (Å²) >= 11 is 0. The number of fused-ring (bicyclic) bond motifs is 7. The number of ketones is 1. The van der Waals surface area contributed by atoms with Crippen LogP contribution in [-0.2, 0) is 19.1 Å². The highest BCUT2D eigenvalue weighted by Crippen LogP contribution is 2.82. The van der Waals surface area contributed by atoms with Gasteiger partial charge in [-0.3, -0.25) is 9.59 Å². The van der Waals surface area contributed by atoms with E-state index in [4.69, 9.17) is 9.47 Å². The van der Waals surface area contributed by atoms with E-state index in [9.17, 15) is 9.59 Å². The molecule has 176 valence electrons. The first-order valence-corrected chi connectivity index (χ1v) is 11.0. The molecule has 2 aliphatic heterocycles. The van der Waals surface area contributed by atoms with E-state index in [2.05, 4.69) is 13.8 Å². The monoisotopic (exact) mass is 504 g/mol. The Kier molecular flexibility index (Phi) is 6.14. The van der Waals surface area contributed by atoms with Crippen molar-refractivity contribution in [2.24, 2.45) is 34.5 Å². The van der Waals surface area contributed by atoms with Crippen molar-refractivity contribution in [3.8, 4) is 0 Å². The minimum absolute atomic E-state index is 0. The lowest BCUT2D eigenvalue weighted by Gasteiger charge is -2.56. The molecule has 2 spiro atoms. The van der Waals surface area contributed by atoms with Crippen LogP contribution >= 0.6 is 54.0 Å². The molecule has 1 unspecified atom stereocenters. The number of epoxide rings is 1. The zero-order chi connectivity index (χ0) is 18.4. The number of ether oxygens (including phenoxy) is 2. The quantitative estimate of drug-likeness (QED) is 0.369. The summed E-state index contributed by atoms with van der Waals surface area (Å²) in [5.74, 6) is 2.77. The van der Waals surface area contributed by atoms with Gasteiger partial charge in [0.15, 0.2) is 5.78 Å². The SMILES string of the molecule is C[C@]12CCC(=O)C=C1[C@@H]1C[C@@H]1[C@H]1[C@@H]3CC[C@@]4(CCC(=O)O4)[C@]3(C)C[C@H]3OC132.S.S.S.S. The molecule has 4 saturated carbocycles. The third-order valence-electron chi connectivity index (χ3n) is 10.4. The molecule has 2 saturated heterocycles. The van der Waals surface area contributed by atoms with Crippen molar-refractivity contribution in [3.63, 3.8) is 0 Å². The third-order valence-corrected chi connectivity index (χ3v) is 10.4. The molecular formula is C23H36O4S4. The highest BCUT2D eigenvalue weighted by Gasteiger charge is 2.85. The highest BCUT2D eigenvalue weighted by atomic mass is 32.1. The molecule has 0 aromatic rings. The summed E-state index contributed by atoms with van der Waals surface area (Å²) < 4.78 is 12.8. The van der Waals surface area contributed by atoms with Crippen LogP contribution in [0.25, 0.3) is 0 Å². The Balaban J connectivity index is 0.000000681. The molecule has 0 aromatic carbocycles. The van der Waals surface area contributed by atoms with E-state index in [0.29, 0.717) is 42.3 Å². The lowest BCUT2D eigenvalue weighted by molar-refractivity contribution is -0.164. The van der Waals surface area contributed by atoms with Gasteiger partial charge in [-0.05, 0) is 68.3 Å². The maximum atomic E-state index is 12.2. The number of esters is 1. The number of carbonyl (C=O) groups excluding carboxylic acids is 2. The molecule has 31 heavy (non-hydrogen) atoms. The Morgan fingerprint density at radius 1 is 1.00 bits per heavy atom. The Morgan fingerprint density at radius 2 is 1.74 bits per heavy atom. The van der Waals surface area contributed by atoms with Gasteiger partial charge in [-0.15, -0.1) is 0 Å². The minimum atomic E-state index is -0.239. The van der Waals surface area contributed by atoms with E-state index < -0.39 is 0 Å². The van der Waals surface area contributed by atoms with E-state index in [-0.39, 0.29) is 88.1 Å². The molecule has 0 N–H and O–H groups in total. The second kappa shape index (κ2) is 7.37. The summed E-state index contributed by atoms with van der Waals surface area (Å²) in [5, 5.41) is 0. The van der Waals surface area contributed by atoms with Crippen LogP contribution in [0.15, 0.2) is 11.6 Å². The van der Waals surface area contributed by atoms with Crippen LogP contribution in [0.2, 0.25) is 0 Å². The van der Waals surface area contributed by atoms with Gasteiger partial charge < -0.3 is 9.47 Å². The average molecular weight is 505 g/mol. The maximum absolute atomic E-state index is 12.2. The number of hydrogen-bond acceptors (Lipinski definition) is 4. The second-order valence-electron chi connectivity index (χ2n) is 11.1. The number of carbonyl (C=O) groups is 2. The predicted molar refractivity (Wildman–Crippen MR) is 138 cm³/mol. The van der Waals surface area contributed by atoms with Crippen LogP contribution < -0.4 is 0 Å². The van der Waals surface area contributed by atoms with Crippen molar-refractivity contribution < 1.29 is 19.1 Å². The van der Waals surface area contributed by atoms with Gasteiger partial charge in [0.25, 0.3) is 0 Å². The first-order valence-electron chi connectivity index (χ1n) is 11.0. The number of rotatable bonds is 0. The van der Waals surface area contributed by atoms with Crippen LogP contribution in [-0.4, -0.2) is 29.1 Å². The van der Waals surface area contributed by atoms with Gasteiger partial charge in [-0.1, -0.05) is 19.4 Å². The van der Waals surface area contributed by atoms with Gasteiger partial charge in [-0.25, -0.2) is 0 Å². The van der Waals surface area contributed by atoms with Crippen molar-refractivity contribution in [2.45, 2.75) is 82.5 Å². The largest absolute Gasteiger partial charge is 0.458 e. The normalized spacial score (nSPS) is 54.0. The fourth-order valence-electron chi connectivity index (χ4n) is 9.12. The first kappa shape index (κ1) is 25.9. The van der Waals surface area contributed by atoms with E-state index in [1.165, 1.54) is 18.4 Å². The van der Waals surface area contributed by atoms with Gasteiger partial charge in [0.2, 0.25) is 0 Å². The van der Waals surface area contributed by atoms with Crippen LogP contribution in [0.4, 0.5) is 0 Å². The summed E-state index contributed by atoms with van der Waals surface area (Å²) in [5.41, 5.74) is 1.24. The van der Waals surface area contributed by atoms with Crippen LogP contribution in [0.5, 0.6) is 0 Å². The van der Waals surface area contributed by atoms with E-state index in [1.807, 2.05) is 6.08 Å². The summed E-state index contributed by atoms with van der Waals surface area (Å²) in [6.07, 6.45) is 9.85. The Hall–Kier alpha value is 0.240. The van der Waals surface area contributed by atoms with Gasteiger partial charge >= 0.3 is 5.97 Å². The molecule has 6 fully saturated rings. The molecule has 7 rings (SSSR count). The first-order chi connectivity index (χ1) is 12.8. The molecule has 7 aliphatic rings. The van der Waals surface area contributed by atoms with Crippen LogP contribution in [0.3, 0.4) is 0 Å². The smallest absolute Gasteiger partial charge is 0.306 e. The molecule has 9 atom stereocenters. The molecule has 4 nitrogen and oxygen atoms in total. The molecule has 0 radical (unpaired) electrons. The van der Waals surface area contributed by atoms with Gasteiger partial charge in [0, 0.05) is 23.7 Å². The molecule has 0 amide bonds. The molecule has 0 bridgehead atoms. The fourth-order valence-corrected chi connectivity index (χ4v) is 9.12. The summed E-state index contributed by atoms with van der Waals surface area (Å²) in [7, 11) is 0. The van der Waals surface area contributed by atoms with E-state index in [1.54, 1.807) is 0 Å². The number of hydrogen-bond donors (Lipinski definition) is 0. The molecule has 0 aromatic heterocycles. The Morgan fingerprint density at radius 3 is 2.42 bits per heavy atom. The van der Waals surface area contributed by atoms with E-state index >= 15 is 0 Å². The molecule has 5 aliphatic carbocycles. The van der Waals surface area contributed by atoms with Gasteiger partial charge in [0.05, 0.1) is 6.10 Å². The Bertz CT molecular complexity index is 863.